The summed E-state index contributed by atoms with van der Waals surface area (Å²) in [6.07, 6.45) is 0. The third-order valence-corrected chi connectivity index (χ3v) is 5.13. The molecule has 0 unspecified atom stereocenters. The van der Waals surface area contributed by atoms with Crippen LogP contribution in [0.4, 0.5) is 4.39 Å². The number of benzene rings is 2. The Morgan fingerprint density at radius 2 is 1.71 bits per heavy atom. The fraction of sp³-hybridized carbons (Fsp3) is 0.409. The Kier molecular flexibility index (Phi) is 7.01. The van der Waals surface area contributed by atoms with Crippen LogP contribution in [0.15, 0.2) is 48.5 Å². The maximum atomic E-state index is 13.8. The fourth-order valence-corrected chi connectivity index (χ4v) is 3.43. The summed E-state index contributed by atoms with van der Waals surface area (Å²) in [7, 11) is 3.20. The van der Waals surface area contributed by atoms with Gasteiger partial charge in [-0.2, -0.15) is 0 Å². The Balaban J connectivity index is 1.44. The smallest absolute Gasteiger partial charge is 0.236 e. The Bertz CT molecular complexity index is 777. The van der Waals surface area contributed by atoms with Crippen molar-refractivity contribution in [1.82, 2.24) is 14.7 Å². The first-order valence-corrected chi connectivity index (χ1v) is 9.60. The molecule has 0 atom stereocenters. The average Bonchev–Trinajstić information content (AvgIpc) is 2.70. The maximum absolute atomic E-state index is 13.8. The van der Waals surface area contributed by atoms with Crippen LogP contribution in [0.3, 0.4) is 0 Å². The van der Waals surface area contributed by atoms with Crippen LogP contribution in [-0.2, 0) is 17.9 Å². The lowest BCUT2D eigenvalue weighted by Crippen LogP contribution is -2.49. The van der Waals surface area contributed by atoms with Gasteiger partial charge in [-0.25, -0.2) is 4.39 Å². The van der Waals surface area contributed by atoms with Crippen LogP contribution in [0.25, 0.3) is 0 Å². The van der Waals surface area contributed by atoms with E-state index in [1.54, 1.807) is 24.1 Å². The van der Waals surface area contributed by atoms with E-state index in [1.807, 2.05) is 6.07 Å². The molecule has 0 spiro atoms. The van der Waals surface area contributed by atoms with Crippen LogP contribution in [0.1, 0.15) is 11.1 Å². The van der Waals surface area contributed by atoms with E-state index in [-0.39, 0.29) is 11.7 Å². The molecular formula is C22H28FN3O2. The number of nitrogens with zero attached hydrogens (tertiary/aromatic N) is 3. The van der Waals surface area contributed by atoms with Crippen molar-refractivity contribution in [2.45, 2.75) is 13.1 Å². The van der Waals surface area contributed by atoms with E-state index in [1.165, 1.54) is 18.7 Å². The summed E-state index contributed by atoms with van der Waals surface area (Å²) in [5.74, 6) is -0.144. The fourth-order valence-electron chi connectivity index (χ4n) is 3.43. The number of carbonyl (C=O) groups is 1. The molecule has 0 aliphatic carbocycles. The highest BCUT2D eigenvalue weighted by molar-refractivity contribution is 5.78. The number of carbonyl (C=O) groups excluding carboxylic acids is 1. The number of halogens is 1. The van der Waals surface area contributed by atoms with Crippen molar-refractivity contribution in [3.05, 3.63) is 65.5 Å². The van der Waals surface area contributed by atoms with Gasteiger partial charge in [0.15, 0.2) is 11.6 Å². The molecule has 0 bridgehead atoms. The van der Waals surface area contributed by atoms with Crippen molar-refractivity contribution in [2.75, 3.05) is 46.9 Å². The predicted molar refractivity (Wildman–Crippen MR) is 108 cm³/mol. The van der Waals surface area contributed by atoms with Gasteiger partial charge in [0.05, 0.1) is 13.7 Å². The Morgan fingerprint density at radius 3 is 2.36 bits per heavy atom. The van der Waals surface area contributed by atoms with E-state index in [4.69, 9.17) is 4.74 Å². The van der Waals surface area contributed by atoms with Gasteiger partial charge >= 0.3 is 0 Å². The zero-order chi connectivity index (χ0) is 19.9. The molecule has 28 heavy (non-hydrogen) atoms. The first-order chi connectivity index (χ1) is 13.5. The van der Waals surface area contributed by atoms with Crippen LogP contribution >= 0.6 is 0 Å². The summed E-state index contributed by atoms with van der Waals surface area (Å²) in [5.41, 5.74) is 2.07. The van der Waals surface area contributed by atoms with Gasteiger partial charge in [-0.1, -0.05) is 36.4 Å². The number of methoxy groups -OCH3 is 1. The first kappa shape index (κ1) is 20.3. The summed E-state index contributed by atoms with van der Waals surface area (Å²) >= 11 is 0. The van der Waals surface area contributed by atoms with Gasteiger partial charge in [-0.15, -0.1) is 0 Å². The van der Waals surface area contributed by atoms with Gasteiger partial charge in [0.25, 0.3) is 0 Å². The molecule has 1 fully saturated rings. The van der Waals surface area contributed by atoms with Crippen LogP contribution in [0.5, 0.6) is 5.75 Å². The highest BCUT2D eigenvalue weighted by Gasteiger charge is 2.20. The summed E-state index contributed by atoms with van der Waals surface area (Å²) in [6.45, 7) is 5.39. The molecule has 6 heteroatoms. The molecule has 3 rings (SSSR count). The second kappa shape index (κ2) is 9.66. The van der Waals surface area contributed by atoms with Gasteiger partial charge in [-0.05, 0) is 23.3 Å². The minimum Gasteiger partial charge on any atom is -0.494 e. The topological polar surface area (TPSA) is 36.0 Å². The van der Waals surface area contributed by atoms with E-state index in [0.29, 0.717) is 13.1 Å². The van der Waals surface area contributed by atoms with E-state index in [0.717, 1.165) is 38.3 Å². The minimum absolute atomic E-state index is 0.0488. The van der Waals surface area contributed by atoms with Crippen LogP contribution in [0, 0.1) is 5.82 Å². The number of likely N-dealkylation sites (N-methyl/N-ethyl adjacent to an activating group) is 1. The molecule has 1 aliphatic rings. The molecular weight excluding hydrogens is 357 g/mol. The van der Waals surface area contributed by atoms with Crippen LogP contribution in [-0.4, -0.2) is 67.5 Å². The van der Waals surface area contributed by atoms with Gasteiger partial charge in [0, 0.05) is 46.3 Å². The molecule has 1 saturated heterocycles. The number of rotatable bonds is 7. The SMILES string of the molecule is COc1ccc(CN(C)C(=O)CN2CCN(Cc3ccccc3)CC2)cc1F. The van der Waals surface area contributed by atoms with Crippen molar-refractivity contribution in [3.8, 4) is 5.75 Å². The number of amides is 1. The Labute approximate surface area is 166 Å². The first-order valence-electron chi connectivity index (χ1n) is 9.60. The minimum atomic E-state index is -0.407. The molecule has 5 nitrogen and oxygen atoms in total. The number of hydrogen-bond donors (Lipinski definition) is 0. The molecule has 2 aromatic carbocycles. The van der Waals surface area contributed by atoms with Crippen LogP contribution in [0.2, 0.25) is 0 Å². The molecule has 150 valence electrons. The maximum Gasteiger partial charge on any atom is 0.236 e. The highest BCUT2D eigenvalue weighted by atomic mass is 19.1. The summed E-state index contributed by atoms with van der Waals surface area (Å²) in [5, 5.41) is 0. The number of piperazine rings is 1. The van der Waals surface area contributed by atoms with E-state index in [2.05, 4.69) is 34.1 Å². The lowest BCUT2D eigenvalue weighted by molar-refractivity contribution is -0.132. The second-order valence-electron chi connectivity index (χ2n) is 7.26. The molecule has 1 heterocycles. The molecule has 2 aromatic rings. The Hall–Kier alpha value is -2.44. The van der Waals surface area contributed by atoms with E-state index in [9.17, 15) is 9.18 Å². The lowest BCUT2D eigenvalue weighted by Gasteiger charge is -2.35. The zero-order valence-electron chi connectivity index (χ0n) is 16.6. The largest absolute Gasteiger partial charge is 0.494 e. The second-order valence-corrected chi connectivity index (χ2v) is 7.26. The monoisotopic (exact) mass is 385 g/mol. The number of hydrogen-bond acceptors (Lipinski definition) is 4. The average molecular weight is 385 g/mol. The summed E-state index contributed by atoms with van der Waals surface area (Å²) < 4.78 is 18.8. The van der Waals surface area contributed by atoms with Gasteiger partial charge < -0.3 is 9.64 Å². The highest BCUT2D eigenvalue weighted by Crippen LogP contribution is 2.18. The molecule has 0 saturated carbocycles. The van der Waals surface area contributed by atoms with Gasteiger partial charge in [-0.3, -0.25) is 14.6 Å². The molecule has 1 aliphatic heterocycles. The molecule has 1 amide bonds. The molecule has 0 radical (unpaired) electrons. The lowest BCUT2D eigenvalue weighted by atomic mass is 10.2. The van der Waals surface area contributed by atoms with E-state index < -0.39 is 5.82 Å². The van der Waals surface area contributed by atoms with Crippen molar-refractivity contribution >= 4 is 5.91 Å². The quantitative estimate of drug-likeness (QED) is 0.734. The Morgan fingerprint density at radius 1 is 1.04 bits per heavy atom. The normalized spacial score (nSPS) is 15.4. The summed E-state index contributed by atoms with van der Waals surface area (Å²) in [4.78, 5) is 18.8. The van der Waals surface area contributed by atoms with Crippen molar-refractivity contribution in [3.63, 3.8) is 0 Å². The van der Waals surface area contributed by atoms with Crippen molar-refractivity contribution in [2.24, 2.45) is 0 Å². The molecule has 0 N–H and O–H groups in total. The summed E-state index contributed by atoms with van der Waals surface area (Å²) in [6, 6.07) is 15.3. The molecule has 0 aromatic heterocycles. The third kappa shape index (κ3) is 5.53. The van der Waals surface area contributed by atoms with Gasteiger partial charge in [0.1, 0.15) is 0 Å². The predicted octanol–water partition coefficient (Wildman–Crippen LogP) is 2.61. The standard InChI is InChI=1S/C22H28FN3O2/c1-24(15-19-8-9-21(28-2)20(23)14-19)22(27)17-26-12-10-25(11-13-26)16-18-6-4-3-5-7-18/h3-9,14H,10-13,15-17H2,1-2H3. The third-order valence-electron chi connectivity index (χ3n) is 5.13. The van der Waals surface area contributed by atoms with Crippen molar-refractivity contribution in [1.29, 1.82) is 0 Å². The van der Waals surface area contributed by atoms with Crippen molar-refractivity contribution < 1.29 is 13.9 Å². The zero-order valence-corrected chi connectivity index (χ0v) is 16.6. The van der Waals surface area contributed by atoms with E-state index >= 15 is 0 Å². The van der Waals surface area contributed by atoms with Crippen LogP contribution < -0.4 is 4.74 Å². The van der Waals surface area contributed by atoms with Gasteiger partial charge in [0.2, 0.25) is 5.91 Å². The number of ether oxygens (including phenoxy) is 1.